The molecule has 1 atom stereocenters. The maximum atomic E-state index is 6.30. The number of hydrogen-bond acceptors (Lipinski definition) is 4. The number of aryl methyl sites for hydroxylation is 1. The van der Waals surface area contributed by atoms with E-state index in [0.29, 0.717) is 6.10 Å². The maximum absolute atomic E-state index is 6.30. The lowest BCUT2D eigenvalue weighted by atomic mass is 10.1. The number of hydrogen-bond donors (Lipinski definition) is 1. The van der Waals surface area contributed by atoms with Crippen LogP contribution in [0.5, 0.6) is 0 Å². The molecule has 0 amide bonds. The lowest BCUT2D eigenvalue weighted by Gasteiger charge is -2.31. The molecular formula is C16H27ClN4O. The van der Waals surface area contributed by atoms with Crippen molar-refractivity contribution >= 4 is 11.6 Å². The van der Waals surface area contributed by atoms with E-state index in [1.807, 2.05) is 6.92 Å². The second-order valence-corrected chi connectivity index (χ2v) is 6.93. The van der Waals surface area contributed by atoms with E-state index in [-0.39, 0.29) is 0 Å². The van der Waals surface area contributed by atoms with Crippen molar-refractivity contribution < 1.29 is 4.74 Å². The molecule has 0 aromatic carbocycles. The van der Waals surface area contributed by atoms with Gasteiger partial charge in [0.25, 0.3) is 0 Å². The Bertz CT molecular complexity index is 473. The molecule has 2 aliphatic rings. The summed E-state index contributed by atoms with van der Waals surface area (Å²) in [5, 5.41) is 8.08. The van der Waals surface area contributed by atoms with Crippen LogP contribution in [0.2, 0.25) is 5.02 Å². The fourth-order valence-electron chi connectivity index (χ4n) is 3.44. The van der Waals surface area contributed by atoms with Crippen LogP contribution >= 0.6 is 11.6 Å². The van der Waals surface area contributed by atoms with Gasteiger partial charge in [-0.1, -0.05) is 18.0 Å². The number of aromatic nitrogens is 2. The number of ether oxygens (including phenoxy) is 1. The number of nitrogens with one attached hydrogen (secondary N) is 1. The van der Waals surface area contributed by atoms with E-state index >= 15 is 0 Å². The standard InChI is InChI=1S/C16H27ClN4O/c1-13-16(17)15(19-18-13)12-21-8-5-9-22-14(11-21)10-20-6-3-2-4-7-20/h14H,2-12H2,1H3,(H,18,19). The van der Waals surface area contributed by atoms with Gasteiger partial charge < -0.3 is 9.64 Å². The van der Waals surface area contributed by atoms with Crippen LogP contribution in [0.3, 0.4) is 0 Å². The lowest BCUT2D eigenvalue weighted by Crippen LogP contribution is -2.42. The Hall–Kier alpha value is -0.620. The molecule has 3 heterocycles. The van der Waals surface area contributed by atoms with E-state index in [9.17, 15) is 0 Å². The zero-order valence-electron chi connectivity index (χ0n) is 13.5. The van der Waals surface area contributed by atoms with Gasteiger partial charge in [0.05, 0.1) is 22.5 Å². The fraction of sp³-hybridized carbons (Fsp3) is 0.812. The van der Waals surface area contributed by atoms with E-state index in [2.05, 4.69) is 20.0 Å². The number of nitrogens with zero attached hydrogens (tertiary/aromatic N) is 3. The first-order chi connectivity index (χ1) is 10.7. The highest BCUT2D eigenvalue weighted by Crippen LogP contribution is 2.20. The summed E-state index contributed by atoms with van der Waals surface area (Å²) in [6, 6.07) is 0. The lowest BCUT2D eigenvalue weighted by molar-refractivity contribution is 0.0215. The number of halogens is 1. The van der Waals surface area contributed by atoms with Gasteiger partial charge in [-0.25, -0.2) is 0 Å². The van der Waals surface area contributed by atoms with Crippen molar-refractivity contribution in [2.75, 3.05) is 39.3 Å². The molecule has 2 fully saturated rings. The van der Waals surface area contributed by atoms with Crippen molar-refractivity contribution in [2.24, 2.45) is 0 Å². The molecule has 0 spiro atoms. The zero-order valence-corrected chi connectivity index (χ0v) is 14.2. The predicted molar refractivity (Wildman–Crippen MR) is 88.3 cm³/mol. The molecule has 0 saturated carbocycles. The smallest absolute Gasteiger partial charge is 0.0951 e. The van der Waals surface area contributed by atoms with Gasteiger partial charge in [-0.3, -0.25) is 10.00 Å². The van der Waals surface area contributed by atoms with Gasteiger partial charge in [0, 0.05) is 32.8 Å². The molecule has 3 rings (SSSR count). The molecule has 22 heavy (non-hydrogen) atoms. The van der Waals surface area contributed by atoms with Gasteiger partial charge in [0.1, 0.15) is 0 Å². The van der Waals surface area contributed by atoms with Gasteiger partial charge in [-0.2, -0.15) is 5.10 Å². The first-order valence-corrected chi connectivity index (χ1v) is 8.86. The van der Waals surface area contributed by atoms with Crippen molar-refractivity contribution in [3.05, 3.63) is 16.4 Å². The molecular weight excluding hydrogens is 300 g/mol. The van der Waals surface area contributed by atoms with Gasteiger partial charge in [-0.05, 0) is 39.3 Å². The molecule has 5 nitrogen and oxygen atoms in total. The van der Waals surface area contributed by atoms with E-state index < -0.39 is 0 Å². The average Bonchev–Trinajstić information content (AvgIpc) is 2.73. The molecule has 1 N–H and O–H groups in total. The number of likely N-dealkylation sites (tertiary alicyclic amines) is 1. The van der Waals surface area contributed by atoms with Crippen LogP contribution in [0.4, 0.5) is 0 Å². The average molecular weight is 327 g/mol. The van der Waals surface area contributed by atoms with E-state index in [1.54, 1.807) is 0 Å². The highest BCUT2D eigenvalue weighted by molar-refractivity contribution is 6.31. The summed E-state index contributed by atoms with van der Waals surface area (Å²) in [4.78, 5) is 4.99. The van der Waals surface area contributed by atoms with E-state index in [4.69, 9.17) is 16.3 Å². The minimum atomic E-state index is 0.305. The largest absolute Gasteiger partial charge is 0.376 e. The second kappa shape index (κ2) is 7.77. The molecule has 2 aliphatic heterocycles. The molecule has 6 heteroatoms. The summed E-state index contributed by atoms with van der Waals surface area (Å²) >= 11 is 6.30. The van der Waals surface area contributed by atoms with Gasteiger partial charge in [0.2, 0.25) is 0 Å². The first-order valence-electron chi connectivity index (χ1n) is 8.48. The summed E-state index contributed by atoms with van der Waals surface area (Å²) in [6.07, 6.45) is 5.43. The number of H-pyrrole nitrogens is 1. The summed E-state index contributed by atoms with van der Waals surface area (Å²) in [7, 11) is 0. The quantitative estimate of drug-likeness (QED) is 0.923. The van der Waals surface area contributed by atoms with Gasteiger partial charge >= 0.3 is 0 Å². The molecule has 1 aromatic heterocycles. The molecule has 0 aliphatic carbocycles. The fourth-order valence-corrected chi connectivity index (χ4v) is 3.58. The van der Waals surface area contributed by atoms with E-state index in [1.165, 1.54) is 32.4 Å². The molecule has 0 bridgehead atoms. The Balaban J connectivity index is 1.56. The van der Waals surface area contributed by atoms with Crippen LogP contribution in [0.15, 0.2) is 0 Å². The Morgan fingerprint density at radius 3 is 2.68 bits per heavy atom. The first kappa shape index (κ1) is 16.2. The maximum Gasteiger partial charge on any atom is 0.0951 e. The molecule has 124 valence electrons. The van der Waals surface area contributed by atoms with Crippen molar-refractivity contribution in [3.63, 3.8) is 0 Å². The van der Waals surface area contributed by atoms with Crippen LogP contribution < -0.4 is 0 Å². The highest BCUT2D eigenvalue weighted by Gasteiger charge is 2.23. The minimum absolute atomic E-state index is 0.305. The van der Waals surface area contributed by atoms with Crippen molar-refractivity contribution in [1.29, 1.82) is 0 Å². The Kier molecular flexibility index (Phi) is 5.74. The topological polar surface area (TPSA) is 44.4 Å². The van der Waals surface area contributed by atoms with Crippen LogP contribution in [0.1, 0.15) is 37.1 Å². The van der Waals surface area contributed by atoms with Crippen LogP contribution in [-0.2, 0) is 11.3 Å². The third-order valence-electron chi connectivity index (χ3n) is 4.66. The van der Waals surface area contributed by atoms with Crippen LogP contribution in [0, 0.1) is 6.92 Å². The summed E-state index contributed by atoms with van der Waals surface area (Å²) in [6.45, 7) is 9.17. The summed E-state index contributed by atoms with van der Waals surface area (Å²) < 4.78 is 6.06. The van der Waals surface area contributed by atoms with Gasteiger partial charge in [0.15, 0.2) is 0 Å². The highest BCUT2D eigenvalue weighted by atomic mass is 35.5. The van der Waals surface area contributed by atoms with Crippen molar-refractivity contribution in [3.8, 4) is 0 Å². The third-order valence-corrected chi connectivity index (χ3v) is 5.16. The molecule has 0 radical (unpaired) electrons. The summed E-state index contributed by atoms with van der Waals surface area (Å²) in [5.41, 5.74) is 1.91. The minimum Gasteiger partial charge on any atom is -0.376 e. The summed E-state index contributed by atoms with van der Waals surface area (Å²) in [5.74, 6) is 0. The predicted octanol–water partition coefficient (Wildman–Crippen LogP) is 2.45. The molecule has 1 unspecified atom stereocenters. The molecule has 2 saturated heterocycles. The Labute approximate surface area is 137 Å². The Morgan fingerprint density at radius 2 is 1.95 bits per heavy atom. The monoisotopic (exact) mass is 326 g/mol. The number of rotatable bonds is 4. The second-order valence-electron chi connectivity index (χ2n) is 6.55. The van der Waals surface area contributed by atoms with Crippen LogP contribution in [0.25, 0.3) is 0 Å². The van der Waals surface area contributed by atoms with Crippen molar-refractivity contribution in [2.45, 2.75) is 45.3 Å². The van der Waals surface area contributed by atoms with Crippen molar-refractivity contribution in [1.82, 2.24) is 20.0 Å². The number of piperidine rings is 1. The Morgan fingerprint density at radius 1 is 1.18 bits per heavy atom. The third kappa shape index (κ3) is 4.22. The number of aromatic amines is 1. The zero-order chi connectivity index (χ0) is 15.4. The van der Waals surface area contributed by atoms with Gasteiger partial charge in [-0.15, -0.1) is 0 Å². The van der Waals surface area contributed by atoms with Crippen LogP contribution in [-0.4, -0.2) is 65.4 Å². The normalized spacial score (nSPS) is 25.3. The van der Waals surface area contributed by atoms with E-state index in [0.717, 1.165) is 55.6 Å². The SMILES string of the molecule is Cc1[nH]nc(CN2CCCOC(CN3CCCCC3)C2)c1Cl. The molecule has 1 aromatic rings.